The number of anilines is 1. The lowest BCUT2D eigenvalue weighted by Gasteiger charge is -2.26. The van der Waals surface area contributed by atoms with E-state index in [-0.39, 0.29) is 12.1 Å². The molecule has 0 bridgehead atoms. The van der Waals surface area contributed by atoms with Crippen molar-refractivity contribution in [1.29, 1.82) is 0 Å². The van der Waals surface area contributed by atoms with E-state index in [1.165, 1.54) is 0 Å². The van der Waals surface area contributed by atoms with Crippen molar-refractivity contribution < 1.29 is 14.7 Å². The number of nitrogens with zero attached hydrogens (tertiary/aromatic N) is 3. The zero-order valence-electron chi connectivity index (χ0n) is 12.9. The first kappa shape index (κ1) is 16.9. The molecule has 0 saturated carbocycles. The molecule has 0 saturated heterocycles. The first-order valence-electron chi connectivity index (χ1n) is 6.62. The van der Waals surface area contributed by atoms with Crippen LogP contribution in [0.25, 0.3) is 0 Å². The molecule has 1 amide bonds. The van der Waals surface area contributed by atoms with E-state index in [4.69, 9.17) is 10.8 Å². The summed E-state index contributed by atoms with van der Waals surface area (Å²) in [5.41, 5.74) is 7.12. The standard InChI is InChI=1S/C14H22N4O3/c1-9-7-10(2)16-14(12(9)13(15)21)18(8-11(19)20)6-5-17(3)4/h7H,5-6,8H2,1-4H3,(H2,15,21)(H,19,20). The molecule has 1 heterocycles. The van der Waals surface area contributed by atoms with Crippen LogP contribution in [-0.4, -0.2) is 60.6 Å². The number of amides is 1. The van der Waals surface area contributed by atoms with Crippen LogP contribution in [0.5, 0.6) is 0 Å². The number of primary amides is 1. The van der Waals surface area contributed by atoms with Gasteiger partial charge in [-0.25, -0.2) is 4.98 Å². The third-order valence-corrected chi connectivity index (χ3v) is 3.01. The number of carboxylic acid groups (broad SMARTS) is 1. The van der Waals surface area contributed by atoms with E-state index in [1.54, 1.807) is 24.8 Å². The molecule has 1 rings (SSSR count). The third-order valence-electron chi connectivity index (χ3n) is 3.01. The average molecular weight is 294 g/mol. The molecule has 3 N–H and O–H groups in total. The van der Waals surface area contributed by atoms with Gasteiger partial charge in [0.05, 0.1) is 5.56 Å². The van der Waals surface area contributed by atoms with Gasteiger partial charge in [-0.05, 0) is 39.6 Å². The van der Waals surface area contributed by atoms with Gasteiger partial charge in [0.2, 0.25) is 0 Å². The number of hydrogen-bond donors (Lipinski definition) is 2. The zero-order valence-corrected chi connectivity index (χ0v) is 12.9. The number of carbonyl (C=O) groups excluding carboxylic acids is 1. The van der Waals surface area contributed by atoms with Crippen molar-refractivity contribution in [2.45, 2.75) is 13.8 Å². The molecule has 7 heteroatoms. The molecule has 1 aromatic heterocycles. The average Bonchev–Trinajstić information content (AvgIpc) is 2.32. The summed E-state index contributed by atoms with van der Waals surface area (Å²) in [5.74, 6) is -1.25. The first-order chi connectivity index (χ1) is 9.72. The van der Waals surface area contributed by atoms with Crippen molar-refractivity contribution in [3.05, 3.63) is 22.9 Å². The quantitative estimate of drug-likeness (QED) is 0.748. The molecular weight excluding hydrogens is 272 g/mol. The molecule has 0 aromatic carbocycles. The summed E-state index contributed by atoms with van der Waals surface area (Å²) >= 11 is 0. The van der Waals surface area contributed by atoms with Crippen LogP contribution >= 0.6 is 0 Å². The molecule has 1 aromatic rings. The lowest BCUT2D eigenvalue weighted by atomic mass is 10.1. The molecule has 0 aliphatic heterocycles. The fourth-order valence-corrected chi connectivity index (χ4v) is 2.09. The fourth-order valence-electron chi connectivity index (χ4n) is 2.09. The number of hydrogen-bond acceptors (Lipinski definition) is 5. The van der Waals surface area contributed by atoms with Crippen molar-refractivity contribution in [3.63, 3.8) is 0 Å². The number of carboxylic acids is 1. The van der Waals surface area contributed by atoms with E-state index in [0.717, 1.165) is 0 Å². The molecule has 0 aliphatic rings. The highest BCUT2D eigenvalue weighted by atomic mass is 16.4. The Labute approximate surface area is 124 Å². The summed E-state index contributed by atoms with van der Waals surface area (Å²) in [5, 5.41) is 9.08. The van der Waals surface area contributed by atoms with Crippen LogP contribution in [0.3, 0.4) is 0 Å². The minimum Gasteiger partial charge on any atom is -0.480 e. The summed E-state index contributed by atoms with van der Waals surface area (Å²) < 4.78 is 0. The number of aryl methyl sites for hydroxylation is 2. The molecule has 0 aliphatic carbocycles. The van der Waals surface area contributed by atoms with Gasteiger partial charge in [-0.3, -0.25) is 9.59 Å². The predicted molar refractivity (Wildman–Crippen MR) is 80.6 cm³/mol. The summed E-state index contributed by atoms with van der Waals surface area (Å²) in [6.07, 6.45) is 0. The highest BCUT2D eigenvalue weighted by Gasteiger charge is 2.21. The second-order valence-electron chi connectivity index (χ2n) is 5.26. The van der Waals surface area contributed by atoms with Crippen LogP contribution in [0, 0.1) is 13.8 Å². The van der Waals surface area contributed by atoms with Crippen LogP contribution in [-0.2, 0) is 4.79 Å². The Balaban J connectivity index is 3.27. The lowest BCUT2D eigenvalue weighted by Crippen LogP contribution is -2.38. The van der Waals surface area contributed by atoms with Gasteiger partial charge in [-0.1, -0.05) is 0 Å². The van der Waals surface area contributed by atoms with E-state index in [2.05, 4.69) is 4.98 Å². The zero-order chi connectivity index (χ0) is 16.2. The minimum absolute atomic E-state index is 0.232. The monoisotopic (exact) mass is 294 g/mol. The van der Waals surface area contributed by atoms with Crippen molar-refractivity contribution in [2.24, 2.45) is 5.73 Å². The third kappa shape index (κ3) is 4.71. The topological polar surface area (TPSA) is 99.8 Å². The van der Waals surface area contributed by atoms with Gasteiger partial charge < -0.3 is 20.6 Å². The Morgan fingerprint density at radius 2 is 1.90 bits per heavy atom. The normalized spacial score (nSPS) is 10.7. The van der Waals surface area contributed by atoms with Gasteiger partial charge >= 0.3 is 5.97 Å². The van der Waals surface area contributed by atoms with Crippen LogP contribution in [0.1, 0.15) is 21.6 Å². The Kier molecular flexibility index (Phi) is 5.66. The fraction of sp³-hybridized carbons (Fsp3) is 0.500. The van der Waals surface area contributed by atoms with Crippen LogP contribution in [0.4, 0.5) is 5.82 Å². The van der Waals surface area contributed by atoms with E-state index < -0.39 is 11.9 Å². The van der Waals surface area contributed by atoms with E-state index in [0.29, 0.717) is 30.2 Å². The van der Waals surface area contributed by atoms with Crippen molar-refractivity contribution >= 4 is 17.7 Å². The molecule has 0 atom stereocenters. The highest BCUT2D eigenvalue weighted by molar-refractivity contribution is 5.99. The van der Waals surface area contributed by atoms with Gasteiger partial charge in [0.1, 0.15) is 12.4 Å². The molecule has 0 radical (unpaired) electrons. The molecule has 7 nitrogen and oxygen atoms in total. The largest absolute Gasteiger partial charge is 0.480 e. The predicted octanol–water partition coefficient (Wildman–Crippen LogP) is 0.250. The second-order valence-corrected chi connectivity index (χ2v) is 5.26. The maximum Gasteiger partial charge on any atom is 0.323 e. The Morgan fingerprint density at radius 1 is 1.29 bits per heavy atom. The SMILES string of the molecule is Cc1cc(C)c(C(N)=O)c(N(CCN(C)C)CC(=O)O)n1. The lowest BCUT2D eigenvalue weighted by molar-refractivity contribution is -0.135. The summed E-state index contributed by atoms with van der Waals surface area (Å²) in [7, 11) is 3.78. The summed E-state index contributed by atoms with van der Waals surface area (Å²) in [6, 6.07) is 1.76. The Hall–Kier alpha value is -2.15. The molecule has 0 spiro atoms. The minimum atomic E-state index is -0.981. The van der Waals surface area contributed by atoms with Crippen LogP contribution < -0.4 is 10.6 Å². The molecule has 0 fully saturated rings. The van der Waals surface area contributed by atoms with E-state index in [1.807, 2.05) is 19.0 Å². The van der Waals surface area contributed by atoms with E-state index >= 15 is 0 Å². The van der Waals surface area contributed by atoms with E-state index in [9.17, 15) is 9.59 Å². The number of aliphatic carboxylic acids is 1. The van der Waals surface area contributed by atoms with Gasteiger partial charge in [0.25, 0.3) is 5.91 Å². The second kappa shape index (κ2) is 7.03. The number of likely N-dealkylation sites (N-methyl/N-ethyl adjacent to an activating group) is 1. The number of nitrogens with two attached hydrogens (primary N) is 1. The summed E-state index contributed by atoms with van der Waals surface area (Å²) in [4.78, 5) is 30.6. The number of aromatic nitrogens is 1. The van der Waals surface area contributed by atoms with Gasteiger partial charge in [-0.2, -0.15) is 0 Å². The van der Waals surface area contributed by atoms with Gasteiger partial charge in [0, 0.05) is 18.8 Å². The smallest absolute Gasteiger partial charge is 0.323 e. The van der Waals surface area contributed by atoms with Crippen molar-refractivity contribution in [2.75, 3.05) is 38.6 Å². The Bertz CT molecular complexity index is 543. The van der Waals surface area contributed by atoms with Gasteiger partial charge in [-0.15, -0.1) is 0 Å². The maximum atomic E-state index is 11.7. The van der Waals surface area contributed by atoms with Crippen molar-refractivity contribution in [3.8, 4) is 0 Å². The summed E-state index contributed by atoms with van der Waals surface area (Å²) in [6.45, 7) is 4.41. The molecule has 0 unspecified atom stereocenters. The molecule has 116 valence electrons. The molecule has 21 heavy (non-hydrogen) atoms. The number of rotatable bonds is 7. The molecular formula is C14H22N4O3. The number of carbonyl (C=O) groups is 2. The van der Waals surface area contributed by atoms with Gasteiger partial charge in [0.15, 0.2) is 0 Å². The highest BCUT2D eigenvalue weighted by Crippen LogP contribution is 2.22. The Morgan fingerprint density at radius 3 is 2.38 bits per heavy atom. The van der Waals surface area contributed by atoms with Crippen LogP contribution in [0.2, 0.25) is 0 Å². The maximum absolute atomic E-state index is 11.7. The number of pyridine rings is 1. The van der Waals surface area contributed by atoms with Crippen LogP contribution in [0.15, 0.2) is 6.07 Å². The first-order valence-corrected chi connectivity index (χ1v) is 6.62. The van der Waals surface area contributed by atoms with Crippen molar-refractivity contribution in [1.82, 2.24) is 9.88 Å².